The molecule has 6 nitrogen and oxygen atoms in total. The number of nitrogen functional groups attached to an aromatic ring is 1. The van der Waals surface area contributed by atoms with Gasteiger partial charge in [0, 0.05) is 11.6 Å². The summed E-state index contributed by atoms with van der Waals surface area (Å²) in [6.45, 7) is 5.85. The topological polar surface area (TPSA) is 101 Å². The number of halogens is 1. The van der Waals surface area contributed by atoms with Crippen molar-refractivity contribution in [1.82, 2.24) is 10.0 Å². The zero-order valence-corrected chi connectivity index (χ0v) is 13.8. The van der Waals surface area contributed by atoms with Gasteiger partial charge in [0.25, 0.3) is 0 Å². The lowest BCUT2D eigenvalue weighted by Crippen LogP contribution is -2.45. The minimum Gasteiger partial charge on any atom is -0.398 e. The molecule has 0 aliphatic heterocycles. The number of nitrogens with one attached hydrogen (secondary N) is 2. The Hall–Kier alpha value is -1.31. The van der Waals surface area contributed by atoms with E-state index in [1.807, 2.05) is 13.8 Å². The molecule has 21 heavy (non-hydrogen) atoms. The summed E-state index contributed by atoms with van der Waals surface area (Å²) in [6.07, 6.45) is 0. The van der Waals surface area contributed by atoms with Crippen molar-refractivity contribution in [3.63, 3.8) is 0 Å². The third-order valence-electron chi connectivity index (χ3n) is 2.67. The normalized spacial score (nSPS) is 13.2. The average Bonchev–Trinajstić information content (AvgIpc) is 2.34. The Morgan fingerprint density at radius 3 is 2.48 bits per heavy atom. The van der Waals surface area contributed by atoms with Crippen molar-refractivity contribution in [2.45, 2.75) is 31.7 Å². The van der Waals surface area contributed by atoms with Crippen molar-refractivity contribution < 1.29 is 13.2 Å². The summed E-state index contributed by atoms with van der Waals surface area (Å²) >= 11 is 5.73. The highest BCUT2D eigenvalue weighted by molar-refractivity contribution is 7.89. The SMILES string of the molecule is CC(C)CNC(=O)C(C)NS(=O)(=O)c1ccc(Cl)cc1N. The lowest BCUT2D eigenvalue weighted by atomic mass is 10.2. The van der Waals surface area contributed by atoms with Crippen LogP contribution in [0.25, 0.3) is 0 Å². The lowest BCUT2D eigenvalue weighted by molar-refractivity contribution is -0.122. The van der Waals surface area contributed by atoms with Crippen LogP contribution in [-0.4, -0.2) is 26.9 Å². The van der Waals surface area contributed by atoms with Crippen molar-refractivity contribution in [3.05, 3.63) is 23.2 Å². The van der Waals surface area contributed by atoms with Crippen molar-refractivity contribution in [2.75, 3.05) is 12.3 Å². The zero-order valence-electron chi connectivity index (χ0n) is 12.2. The molecule has 1 aromatic carbocycles. The Bertz CT molecular complexity index is 617. The molecule has 0 saturated heterocycles. The molecule has 0 heterocycles. The average molecular weight is 334 g/mol. The summed E-state index contributed by atoms with van der Waals surface area (Å²) in [5, 5.41) is 3.00. The third-order valence-corrected chi connectivity index (χ3v) is 4.52. The molecule has 0 aliphatic carbocycles. The van der Waals surface area contributed by atoms with Gasteiger partial charge < -0.3 is 11.1 Å². The van der Waals surface area contributed by atoms with Crippen LogP contribution >= 0.6 is 11.6 Å². The lowest BCUT2D eigenvalue weighted by Gasteiger charge is -2.16. The zero-order chi connectivity index (χ0) is 16.2. The van der Waals surface area contributed by atoms with Gasteiger partial charge in [-0.25, -0.2) is 8.42 Å². The number of carbonyl (C=O) groups is 1. The Morgan fingerprint density at radius 2 is 1.95 bits per heavy atom. The van der Waals surface area contributed by atoms with Crippen LogP contribution in [-0.2, 0) is 14.8 Å². The molecule has 4 N–H and O–H groups in total. The number of sulfonamides is 1. The second kappa shape index (κ2) is 7.11. The summed E-state index contributed by atoms with van der Waals surface area (Å²) in [7, 11) is -3.89. The van der Waals surface area contributed by atoms with Gasteiger partial charge in [0.1, 0.15) is 4.90 Å². The molecule has 0 spiro atoms. The van der Waals surface area contributed by atoms with Gasteiger partial charge in [-0.2, -0.15) is 4.72 Å². The number of anilines is 1. The predicted octanol–water partition coefficient (Wildman–Crippen LogP) is 1.36. The summed E-state index contributed by atoms with van der Waals surface area (Å²) < 4.78 is 26.7. The Labute approximate surface area is 130 Å². The van der Waals surface area contributed by atoms with E-state index in [0.29, 0.717) is 11.6 Å². The van der Waals surface area contributed by atoms with Crippen molar-refractivity contribution in [1.29, 1.82) is 0 Å². The number of nitrogens with two attached hydrogens (primary N) is 1. The van der Waals surface area contributed by atoms with E-state index in [1.165, 1.54) is 25.1 Å². The fourth-order valence-corrected chi connectivity index (χ4v) is 3.07. The van der Waals surface area contributed by atoms with Gasteiger partial charge in [0.15, 0.2) is 0 Å². The highest BCUT2D eigenvalue weighted by Crippen LogP contribution is 2.22. The molecule has 118 valence electrons. The first-order chi connectivity index (χ1) is 9.63. The molecular formula is C13H20ClN3O3S. The van der Waals surface area contributed by atoms with Gasteiger partial charge in [0.2, 0.25) is 15.9 Å². The van der Waals surface area contributed by atoms with Gasteiger partial charge in [-0.15, -0.1) is 0 Å². The molecule has 0 bridgehead atoms. The van der Waals surface area contributed by atoms with E-state index in [0.717, 1.165) is 0 Å². The van der Waals surface area contributed by atoms with Gasteiger partial charge in [-0.1, -0.05) is 25.4 Å². The fraction of sp³-hybridized carbons (Fsp3) is 0.462. The second-order valence-corrected chi connectivity index (χ2v) is 7.28. The number of carbonyl (C=O) groups excluding carboxylic acids is 1. The maximum absolute atomic E-state index is 12.2. The van der Waals surface area contributed by atoms with E-state index < -0.39 is 16.1 Å². The number of hydrogen-bond acceptors (Lipinski definition) is 4. The quantitative estimate of drug-likeness (QED) is 0.684. The summed E-state index contributed by atoms with van der Waals surface area (Å²) in [4.78, 5) is 11.7. The van der Waals surface area contributed by atoms with Crippen molar-refractivity contribution in [2.24, 2.45) is 5.92 Å². The molecule has 0 aromatic heterocycles. The highest BCUT2D eigenvalue weighted by Gasteiger charge is 2.23. The van der Waals surface area contributed by atoms with Gasteiger partial charge in [-0.3, -0.25) is 4.79 Å². The number of hydrogen-bond donors (Lipinski definition) is 3. The molecule has 0 aliphatic rings. The highest BCUT2D eigenvalue weighted by atomic mass is 35.5. The standard InChI is InChI=1S/C13H20ClN3O3S/c1-8(2)7-16-13(18)9(3)17-21(19,20)12-5-4-10(14)6-11(12)15/h4-6,8-9,17H,7,15H2,1-3H3,(H,16,18). The van der Waals surface area contributed by atoms with E-state index in [1.54, 1.807) is 0 Å². The van der Waals surface area contributed by atoms with Crippen LogP contribution < -0.4 is 15.8 Å². The maximum Gasteiger partial charge on any atom is 0.243 e. The van der Waals surface area contributed by atoms with E-state index >= 15 is 0 Å². The Morgan fingerprint density at radius 1 is 1.33 bits per heavy atom. The molecular weight excluding hydrogens is 314 g/mol. The minimum atomic E-state index is -3.89. The molecule has 1 aromatic rings. The maximum atomic E-state index is 12.2. The van der Waals surface area contributed by atoms with Crippen LogP contribution in [0.4, 0.5) is 5.69 Å². The first kappa shape index (κ1) is 17.7. The minimum absolute atomic E-state index is 0.0322. The molecule has 0 radical (unpaired) electrons. The van der Waals surface area contributed by atoms with Gasteiger partial charge >= 0.3 is 0 Å². The molecule has 1 amide bonds. The van der Waals surface area contributed by atoms with Crippen LogP contribution in [0.15, 0.2) is 23.1 Å². The monoisotopic (exact) mass is 333 g/mol. The van der Waals surface area contributed by atoms with E-state index in [-0.39, 0.29) is 22.4 Å². The van der Waals surface area contributed by atoms with Gasteiger partial charge in [-0.05, 0) is 31.0 Å². The second-order valence-electron chi connectivity index (χ2n) is 5.16. The molecule has 0 fully saturated rings. The largest absolute Gasteiger partial charge is 0.398 e. The van der Waals surface area contributed by atoms with Crippen LogP contribution in [0.2, 0.25) is 5.02 Å². The molecule has 1 atom stereocenters. The molecule has 8 heteroatoms. The number of amides is 1. The Balaban J connectivity index is 2.82. The van der Waals surface area contributed by atoms with Crippen molar-refractivity contribution in [3.8, 4) is 0 Å². The summed E-state index contributed by atoms with van der Waals surface area (Å²) in [5.74, 6) is -0.107. The van der Waals surface area contributed by atoms with E-state index in [9.17, 15) is 13.2 Å². The van der Waals surface area contributed by atoms with Gasteiger partial charge in [0.05, 0.1) is 11.7 Å². The van der Waals surface area contributed by atoms with E-state index in [4.69, 9.17) is 17.3 Å². The van der Waals surface area contributed by atoms with Crippen LogP contribution in [0.3, 0.4) is 0 Å². The third kappa shape index (κ3) is 5.18. The smallest absolute Gasteiger partial charge is 0.243 e. The predicted molar refractivity (Wildman–Crippen MR) is 83.5 cm³/mol. The van der Waals surface area contributed by atoms with Crippen molar-refractivity contribution >= 4 is 33.2 Å². The van der Waals surface area contributed by atoms with E-state index in [2.05, 4.69) is 10.0 Å². The first-order valence-corrected chi connectivity index (χ1v) is 8.34. The first-order valence-electron chi connectivity index (χ1n) is 6.48. The van der Waals surface area contributed by atoms with Crippen LogP contribution in [0.5, 0.6) is 0 Å². The number of benzene rings is 1. The summed E-state index contributed by atoms with van der Waals surface area (Å²) in [5.41, 5.74) is 5.69. The molecule has 1 rings (SSSR count). The Kier molecular flexibility index (Phi) is 6.00. The number of rotatable bonds is 6. The molecule has 1 unspecified atom stereocenters. The summed E-state index contributed by atoms with van der Waals surface area (Å²) in [6, 6.07) is 3.18. The molecule has 0 saturated carbocycles. The fourth-order valence-electron chi connectivity index (χ4n) is 1.57. The van der Waals surface area contributed by atoms with Crippen LogP contribution in [0.1, 0.15) is 20.8 Å². The van der Waals surface area contributed by atoms with Crippen LogP contribution in [0, 0.1) is 5.92 Å².